The van der Waals surface area contributed by atoms with E-state index in [1.54, 1.807) is 35.4 Å². The molecular formula is C23H29ClN6O2. The van der Waals surface area contributed by atoms with Crippen molar-refractivity contribution in [2.45, 2.75) is 31.3 Å². The van der Waals surface area contributed by atoms with Gasteiger partial charge in [0.15, 0.2) is 0 Å². The van der Waals surface area contributed by atoms with Crippen LogP contribution in [0, 0.1) is 0 Å². The average molecular weight is 457 g/mol. The highest BCUT2D eigenvalue weighted by Gasteiger charge is 2.31. The predicted octanol–water partition coefficient (Wildman–Crippen LogP) is 3.19. The Hall–Kier alpha value is -2.84. The molecule has 2 N–H and O–H groups in total. The van der Waals surface area contributed by atoms with Crippen LogP contribution in [0.5, 0.6) is 0 Å². The number of carbonyl (C=O) groups excluding carboxylic acids is 2. The summed E-state index contributed by atoms with van der Waals surface area (Å²) >= 11 is 5.87. The number of urea groups is 1. The molecule has 1 unspecified atom stereocenters. The van der Waals surface area contributed by atoms with E-state index in [2.05, 4.69) is 39.5 Å². The van der Waals surface area contributed by atoms with Crippen molar-refractivity contribution in [1.29, 1.82) is 0 Å². The van der Waals surface area contributed by atoms with Crippen LogP contribution in [0.25, 0.3) is 0 Å². The molecule has 1 aromatic heterocycles. The van der Waals surface area contributed by atoms with Crippen LogP contribution in [0.3, 0.4) is 0 Å². The second kappa shape index (κ2) is 9.75. The number of nitrogens with zero attached hydrogens (tertiary/aromatic N) is 4. The van der Waals surface area contributed by atoms with Crippen LogP contribution in [0.1, 0.15) is 19.3 Å². The summed E-state index contributed by atoms with van der Waals surface area (Å²) in [5.41, 5.74) is 1.37. The van der Waals surface area contributed by atoms with Crippen molar-refractivity contribution in [3.05, 3.63) is 47.6 Å². The normalized spacial score (nSPS) is 21.2. The summed E-state index contributed by atoms with van der Waals surface area (Å²) in [7, 11) is 4.21. The highest BCUT2D eigenvalue weighted by molar-refractivity contribution is 6.30. The summed E-state index contributed by atoms with van der Waals surface area (Å²) in [5.74, 6) is 0.811. The molecule has 8 nitrogen and oxygen atoms in total. The maximum absolute atomic E-state index is 13.0. The zero-order valence-electron chi connectivity index (χ0n) is 18.4. The lowest BCUT2D eigenvalue weighted by Crippen LogP contribution is -2.53. The summed E-state index contributed by atoms with van der Waals surface area (Å²) in [6, 6.07) is 10.3. The summed E-state index contributed by atoms with van der Waals surface area (Å²) in [5, 5.41) is 6.13. The predicted molar refractivity (Wildman–Crippen MR) is 128 cm³/mol. The standard InChI is InChI=1S/C23H29ClN6O2/c1-28(2)19-11-13-29(15-19)21-10-9-18(14-25-21)30-12-3-4-20(22(30)31)27-23(32)26-17-7-5-16(24)6-8-17/h5-10,14,19-20H,3-4,11-13,15H2,1-2H3,(H2,26,27,32)/t19?,20-/m1/s1. The van der Waals surface area contributed by atoms with Crippen LogP contribution in [-0.4, -0.2) is 67.6 Å². The maximum atomic E-state index is 13.0. The number of amides is 3. The number of piperidine rings is 1. The molecule has 2 aliphatic heterocycles. The Kier molecular flexibility index (Phi) is 6.81. The monoisotopic (exact) mass is 456 g/mol. The number of nitrogens with one attached hydrogen (secondary N) is 2. The van der Waals surface area contributed by atoms with Gasteiger partial charge in [-0.2, -0.15) is 0 Å². The Morgan fingerprint density at radius 2 is 1.91 bits per heavy atom. The molecule has 1 aromatic carbocycles. The van der Waals surface area contributed by atoms with E-state index in [4.69, 9.17) is 11.6 Å². The third-order valence-electron chi connectivity index (χ3n) is 6.11. The Balaban J connectivity index is 1.36. The van der Waals surface area contributed by atoms with Crippen molar-refractivity contribution in [3.8, 4) is 0 Å². The smallest absolute Gasteiger partial charge is 0.319 e. The molecule has 4 rings (SSSR count). The number of benzene rings is 1. The van der Waals surface area contributed by atoms with Crippen LogP contribution in [0.4, 0.5) is 22.0 Å². The lowest BCUT2D eigenvalue weighted by molar-refractivity contribution is -0.121. The van der Waals surface area contributed by atoms with Crippen LogP contribution in [0.15, 0.2) is 42.6 Å². The first-order chi connectivity index (χ1) is 15.4. The molecule has 3 amide bonds. The summed E-state index contributed by atoms with van der Waals surface area (Å²) < 4.78 is 0. The minimum atomic E-state index is -0.574. The van der Waals surface area contributed by atoms with Crippen LogP contribution in [0.2, 0.25) is 5.02 Å². The van der Waals surface area contributed by atoms with E-state index >= 15 is 0 Å². The number of likely N-dealkylation sites (N-methyl/N-ethyl adjacent to an activating group) is 1. The van der Waals surface area contributed by atoms with Gasteiger partial charge in [-0.15, -0.1) is 0 Å². The van der Waals surface area contributed by atoms with Crippen molar-refractivity contribution < 1.29 is 9.59 Å². The van der Waals surface area contributed by atoms with Crippen LogP contribution >= 0.6 is 11.6 Å². The number of aromatic nitrogens is 1. The fourth-order valence-electron chi connectivity index (χ4n) is 4.22. The number of carbonyl (C=O) groups is 2. The maximum Gasteiger partial charge on any atom is 0.319 e. The van der Waals surface area contributed by atoms with Gasteiger partial charge in [-0.3, -0.25) is 4.79 Å². The highest BCUT2D eigenvalue weighted by Crippen LogP contribution is 2.25. The van der Waals surface area contributed by atoms with Gasteiger partial charge in [-0.05, 0) is 69.8 Å². The second-order valence-corrected chi connectivity index (χ2v) is 8.95. The quantitative estimate of drug-likeness (QED) is 0.722. The molecule has 0 spiro atoms. The van der Waals surface area contributed by atoms with Crippen molar-refractivity contribution in [1.82, 2.24) is 15.2 Å². The lowest BCUT2D eigenvalue weighted by Gasteiger charge is -2.32. The van der Waals surface area contributed by atoms with Crippen molar-refractivity contribution in [3.63, 3.8) is 0 Å². The minimum Gasteiger partial charge on any atom is -0.355 e. The van der Waals surface area contributed by atoms with Crippen LogP contribution in [-0.2, 0) is 4.79 Å². The number of anilines is 3. The number of halogens is 1. The van der Waals surface area contributed by atoms with Crippen molar-refractivity contribution >= 4 is 40.7 Å². The molecule has 2 aromatic rings. The average Bonchev–Trinajstić information content (AvgIpc) is 3.28. The molecule has 0 aliphatic carbocycles. The van der Waals surface area contributed by atoms with E-state index in [9.17, 15) is 9.59 Å². The van der Waals surface area contributed by atoms with E-state index < -0.39 is 12.1 Å². The number of pyridine rings is 1. The van der Waals surface area contributed by atoms with Gasteiger partial charge in [0.1, 0.15) is 11.9 Å². The summed E-state index contributed by atoms with van der Waals surface area (Å²) in [4.78, 5) is 36.3. The lowest BCUT2D eigenvalue weighted by atomic mass is 10.0. The Labute approximate surface area is 193 Å². The molecule has 2 atom stereocenters. The largest absolute Gasteiger partial charge is 0.355 e. The SMILES string of the molecule is CN(C)C1CCN(c2ccc(N3CCC[C@@H](NC(=O)Nc4ccc(Cl)cc4)C3=O)cn2)C1. The third-order valence-corrected chi connectivity index (χ3v) is 6.36. The topological polar surface area (TPSA) is 80.8 Å². The molecule has 3 heterocycles. The van der Waals surface area contributed by atoms with Crippen LogP contribution < -0.4 is 20.4 Å². The first-order valence-corrected chi connectivity index (χ1v) is 11.3. The molecule has 2 saturated heterocycles. The van der Waals surface area contributed by atoms with Gasteiger partial charge in [0.2, 0.25) is 5.91 Å². The molecule has 32 heavy (non-hydrogen) atoms. The summed E-state index contributed by atoms with van der Waals surface area (Å²) in [6.45, 7) is 2.55. The third kappa shape index (κ3) is 5.14. The van der Waals surface area contributed by atoms with Gasteiger partial charge >= 0.3 is 6.03 Å². The highest BCUT2D eigenvalue weighted by atomic mass is 35.5. The molecule has 0 bridgehead atoms. The molecule has 2 fully saturated rings. The fourth-order valence-corrected chi connectivity index (χ4v) is 4.35. The zero-order chi connectivity index (χ0) is 22.7. The second-order valence-electron chi connectivity index (χ2n) is 8.52. The molecule has 9 heteroatoms. The van der Waals surface area contributed by atoms with Gasteiger partial charge in [0.05, 0.1) is 11.9 Å². The Morgan fingerprint density at radius 3 is 2.56 bits per heavy atom. The number of hydrogen-bond acceptors (Lipinski definition) is 5. The summed E-state index contributed by atoms with van der Waals surface area (Å²) in [6.07, 6.45) is 4.28. The molecule has 170 valence electrons. The fraction of sp³-hybridized carbons (Fsp3) is 0.435. The van der Waals surface area contributed by atoms with Gasteiger partial charge in [-0.1, -0.05) is 11.6 Å². The van der Waals surface area contributed by atoms with Crippen molar-refractivity contribution in [2.75, 3.05) is 48.8 Å². The van der Waals surface area contributed by atoms with E-state index in [1.165, 1.54) is 0 Å². The first kappa shape index (κ1) is 22.4. The molecule has 0 saturated carbocycles. The Morgan fingerprint density at radius 1 is 1.12 bits per heavy atom. The van der Waals surface area contributed by atoms with Gasteiger partial charge in [0, 0.05) is 36.4 Å². The number of rotatable bonds is 5. The zero-order valence-corrected chi connectivity index (χ0v) is 19.2. The van der Waals surface area contributed by atoms with E-state index in [-0.39, 0.29) is 5.91 Å². The van der Waals surface area contributed by atoms with Gasteiger partial charge in [0.25, 0.3) is 0 Å². The molecule has 0 radical (unpaired) electrons. The number of hydrogen-bond donors (Lipinski definition) is 2. The van der Waals surface area contributed by atoms with Crippen molar-refractivity contribution in [2.24, 2.45) is 0 Å². The minimum absolute atomic E-state index is 0.120. The van der Waals surface area contributed by atoms with E-state index in [0.29, 0.717) is 29.7 Å². The van der Waals surface area contributed by atoms with Gasteiger partial charge < -0.3 is 25.3 Å². The molecule has 2 aliphatic rings. The van der Waals surface area contributed by atoms with E-state index in [0.717, 1.165) is 37.4 Å². The van der Waals surface area contributed by atoms with E-state index in [1.807, 2.05) is 12.1 Å². The first-order valence-electron chi connectivity index (χ1n) is 10.9. The Bertz CT molecular complexity index is 950. The van der Waals surface area contributed by atoms with Gasteiger partial charge in [-0.25, -0.2) is 9.78 Å². The molecular weight excluding hydrogens is 428 g/mol.